The minimum atomic E-state index is -0.278. The molecule has 0 aliphatic carbocycles. The zero-order valence-electron chi connectivity index (χ0n) is 20.1. The van der Waals surface area contributed by atoms with Gasteiger partial charge in [0.1, 0.15) is 0 Å². The first kappa shape index (κ1) is 26.2. The second kappa shape index (κ2) is 11.7. The van der Waals surface area contributed by atoms with Crippen molar-refractivity contribution in [3.8, 4) is 11.4 Å². The number of nitrogens with zero attached hydrogens (tertiary/aromatic N) is 4. The molecule has 0 aliphatic rings. The standard InChI is InChI=1S/C24H30ClN5O3/c1-8-18(14(2)27-16(4)26-13-23(32)30(6)7)11-21(15(3)31)20-10-9-19(12-22(20)25)24-28-17(5)33-29-24/h8-12,16,26H,13H2,1-7H3/b18-8-,21-11+,27-14-. The van der Waals surface area contributed by atoms with E-state index in [2.05, 4.69) is 20.4 Å². The van der Waals surface area contributed by atoms with Crippen LogP contribution in [0.15, 0.2) is 45.4 Å². The maximum Gasteiger partial charge on any atom is 0.236 e. The highest BCUT2D eigenvalue weighted by Crippen LogP contribution is 2.30. The second-order valence-corrected chi connectivity index (χ2v) is 8.16. The van der Waals surface area contributed by atoms with Gasteiger partial charge in [-0.05, 0) is 45.4 Å². The third-order valence-corrected chi connectivity index (χ3v) is 5.20. The average molecular weight is 472 g/mol. The Kier molecular flexibility index (Phi) is 9.25. The highest BCUT2D eigenvalue weighted by atomic mass is 35.5. The lowest BCUT2D eigenvalue weighted by Gasteiger charge is -2.15. The quantitative estimate of drug-likeness (QED) is 0.335. The van der Waals surface area contributed by atoms with Gasteiger partial charge >= 0.3 is 0 Å². The molecule has 0 spiro atoms. The largest absolute Gasteiger partial charge is 0.348 e. The number of aromatic nitrogens is 2. The number of halogens is 1. The van der Waals surface area contributed by atoms with Gasteiger partial charge in [0.25, 0.3) is 0 Å². The van der Waals surface area contributed by atoms with E-state index in [9.17, 15) is 9.59 Å². The summed E-state index contributed by atoms with van der Waals surface area (Å²) in [5.74, 6) is 0.723. The molecule has 0 aliphatic heterocycles. The van der Waals surface area contributed by atoms with E-state index in [0.29, 0.717) is 33.4 Å². The number of aliphatic imine (C=N–C) groups is 1. The van der Waals surface area contributed by atoms with Crippen LogP contribution < -0.4 is 5.32 Å². The van der Waals surface area contributed by atoms with Crippen LogP contribution in [-0.2, 0) is 9.59 Å². The Balaban J connectivity index is 2.31. The number of hydrogen-bond donors (Lipinski definition) is 1. The number of carbonyl (C=O) groups is 2. The Bertz CT molecular complexity index is 1120. The molecule has 0 saturated carbocycles. The van der Waals surface area contributed by atoms with Crippen LogP contribution >= 0.6 is 11.6 Å². The van der Waals surface area contributed by atoms with Crippen molar-refractivity contribution in [2.75, 3.05) is 20.6 Å². The zero-order valence-corrected chi connectivity index (χ0v) is 20.8. The third kappa shape index (κ3) is 7.20. The predicted octanol–water partition coefficient (Wildman–Crippen LogP) is 4.10. The molecule has 2 rings (SSSR count). The molecule has 33 heavy (non-hydrogen) atoms. The maximum absolute atomic E-state index is 12.5. The summed E-state index contributed by atoms with van der Waals surface area (Å²) in [6, 6.07) is 5.28. The number of likely N-dealkylation sites (N-methyl/N-ethyl adjacent to an activating group) is 1. The topological polar surface area (TPSA) is 101 Å². The summed E-state index contributed by atoms with van der Waals surface area (Å²) in [5, 5.41) is 7.39. The molecule has 1 amide bonds. The van der Waals surface area contributed by atoms with Crippen LogP contribution in [0.3, 0.4) is 0 Å². The number of allylic oxidation sites excluding steroid dienone is 4. The van der Waals surface area contributed by atoms with E-state index < -0.39 is 0 Å². The number of aryl methyl sites for hydroxylation is 1. The van der Waals surface area contributed by atoms with Gasteiger partial charge in [0.15, 0.2) is 5.78 Å². The molecule has 0 bridgehead atoms. The van der Waals surface area contributed by atoms with Gasteiger partial charge in [0.2, 0.25) is 17.6 Å². The first-order valence-corrected chi connectivity index (χ1v) is 10.9. The highest BCUT2D eigenvalue weighted by molar-refractivity contribution is 6.35. The Labute approximate surface area is 199 Å². The van der Waals surface area contributed by atoms with Crippen molar-refractivity contribution in [3.05, 3.63) is 52.4 Å². The zero-order chi connectivity index (χ0) is 24.7. The summed E-state index contributed by atoms with van der Waals surface area (Å²) in [6.45, 7) is 8.99. The van der Waals surface area contributed by atoms with E-state index in [4.69, 9.17) is 16.1 Å². The van der Waals surface area contributed by atoms with E-state index in [1.807, 2.05) is 26.8 Å². The molecule has 1 atom stereocenters. The van der Waals surface area contributed by atoms with Gasteiger partial charge in [-0.3, -0.25) is 19.9 Å². The molecule has 176 valence electrons. The number of ketones is 1. The van der Waals surface area contributed by atoms with Crippen LogP contribution in [0, 0.1) is 6.92 Å². The molecule has 0 radical (unpaired) electrons. The van der Waals surface area contributed by atoms with Crippen molar-refractivity contribution in [1.82, 2.24) is 20.4 Å². The molecule has 0 fully saturated rings. The molecule has 1 heterocycles. The van der Waals surface area contributed by atoms with E-state index >= 15 is 0 Å². The monoisotopic (exact) mass is 471 g/mol. The Morgan fingerprint density at radius 2 is 2.00 bits per heavy atom. The Morgan fingerprint density at radius 3 is 2.52 bits per heavy atom. The summed E-state index contributed by atoms with van der Waals surface area (Å²) < 4.78 is 5.03. The Hall–Kier alpha value is -3.10. The fourth-order valence-corrected chi connectivity index (χ4v) is 3.30. The van der Waals surface area contributed by atoms with Gasteiger partial charge in [-0.2, -0.15) is 4.98 Å². The normalized spacial score (nSPS) is 13.8. The lowest BCUT2D eigenvalue weighted by molar-refractivity contribution is -0.127. The van der Waals surface area contributed by atoms with Crippen LogP contribution in [0.25, 0.3) is 17.0 Å². The summed E-state index contributed by atoms with van der Waals surface area (Å²) in [5.41, 5.74) is 3.26. The van der Waals surface area contributed by atoms with Gasteiger partial charge in [-0.1, -0.05) is 35.0 Å². The molecule has 1 aromatic carbocycles. The van der Waals surface area contributed by atoms with Crippen molar-refractivity contribution in [2.45, 2.75) is 40.8 Å². The number of hydrogen-bond acceptors (Lipinski definition) is 7. The van der Waals surface area contributed by atoms with Crippen molar-refractivity contribution < 1.29 is 14.1 Å². The van der Waals surface area contributed by atoms with Gasteiger partial charge in [-0.15, -0.1) is 0 Å². The minimum Gasteiger partial charge on any atom is -0.348 e. The highest BCUT2D eigenvalue weighted by Gasteiger charge is 2.16. The molecular formula is C24H30ClN5O3. The lowest BCUT2D eigenvalue weighted by Crippen LogP contribution is -2.37. The van der Waals surface area contributed by atoms with E-state index in [0.717, 1.165) is 11.3 Å². The average Bonchev–Trinajstić information content (AvgIpc) is 3.19. The molecule has 1 unspecified atom stereocenters. The molecule has 0 saturated heterocycles. The lowest BCUT2D eigenvalue weighted by atomic mass is 9.97. The fourth-order valence-electron chi connectivity index (χ4n) is 3.01. The van der Waals surface area contributed by atoms with Crippen LogP contribution in [0.4, 0.5) is 0 Å². The van der Waals surface area contributed by atoms with Crippen LogP contribution in [0.5, 0.6) is 0 Å². The van der Waals surface area contributed by atoms with Gasteiger partial charge < -0.3 is 9.42 Å². The smallest absolute Gasteiger partial charge is 0.236 e. The van der Waals surface area contributed by atoms with Crippen molar-refractivity contribution in [1.29, 1.82) is 0 Å². The van der Waals surface area contributed by atoms with Gasteiger partial charge in [-0.25, -0.2) is 0 Å². The SMILES string of the molecule is C/C=C(/C=C(\C(C)=O)c1ccc(-c2noc(C)n2)cc1Cl)C(\C)=N/C(C)NCC(=O)N(C)C. The first-order chi connectivity index (χ1) is 15.5. The molecular weight excluding hydrogens is 442 g/mol. The summed E-state index contributed by atoms with van der Waals surface area (Å²) in [7, 11) is 3.41. The number of amides is 1. The summed E-state index contributed by atoms with van der Waals surface area (Å²) in [4.78, 5) is 34.6. The summed E-state index contributed by atoms with van der Waals surface area (Å²) >= 11 is 6.54. The number of benzene rings is 1. The molecule has 8 nitrogen and oxygen atoms in total. The number of carbonyl (C=O) groups excluding carboxylic acids is 2. The first-order valence-electron chi connectivity index (χ1n) is 10.5. The predicted molar refractivity (Wildman–Crippen MR) is 131 cm³/mol. The maximum atomic E-state index is 12.5. The Morgan fingerprint density at radius 1 is 1.30 bits per heavy atom. The van der Waals surface area contributed by atoms with Gasteiger partial charge in [0.05, 0.1) is 12.7 Å². The van der Waals surface area contributed by atoms with E-state index in [-0.39, 0.29) is 24.4 Å². The van der Waals surface area contributed by atoms with Crippen LogP contribution in [-0.4, -0.2) is 59.2 Å². The fraction of sp³-hybridized carbons (Fsp3) is 0.375. The molecule has 1 N–H and O–H groups in total. The molecule has 1 aromatic heterocycles. The van der Waals surface area contributed by atoms with E-state index in [1.54, 1.807) is 45.3 Å². The van der Waals surface area contributed by atoms with Crippen LogP contribution in [0.1, 0.15) is 39.1 Å². The second-order valence-electron chi connectivity index (χ2n) is 7.75. The van der Waals surface area contributed by atoms with Crippen molar-refractivity contribution in [2.24, 2.45) is 4.99 Å². The van der Waals surface area contributed by atoms with Crippen LogP contribution in [0.2, 0.25) is 5.02 Å². The summed E-state index contributed by atoms with van der Waals surface area (Å²) in [6.07, 6.45) is 3.38. The number of Topliss-reactive ketones (excluding diaryl/α,β-unsaturated/α-hetero) is 1. The van der Waals surface area contributed by atoms with Gasteiger partial charge in [0, 0.05) is 48.5 Å². The molecule has 2 aromatic rings. The minimum absolute atomic E-state index is 0.0335. The third-order valence-electron chi connectivity index (χ3n) is 4.89. The molecule has 9 heteroatoms. The van der Waals surface area contributed by atoms with Crippen molar-refractivity contribution in [3.63, 3.8) is 0 Å². The number of rotatable bonds is 9. The van der Waals surface area contributed by atoms with Crippen molar-refractivity contribution >= 4 is 34.6 Å². The van der Waals surface area contributed by atoms with E-state index in [1.165, 1.54) is 11.8 Å². The number of nitrogens with one attached hydrogen (secondary N) is 1.